The van der Waals surface area contributed by atoms with Crippen LogP contribution in [0.5, 0.6) is 0 Å². The predicted molar refractivity (Wildman–Crippen MR) is 119 cm³/mol. The molecule has 0 amide bonds. The van der Waals surface area contributed by atoms with Crippen molar-refractivity contribution in [1.29, 1.82) is 5.26 Å². The van der Waals surface area contributed by atoms with E-state index < -0.39 is 0 Å². The van der Waals surface area contributed by atoms with E-state index in [1.807, 2.05) is 0 Å². The number of rotatable bonds is 7. The van der Waals surface area contributed by atoms with Crippen molar-refractivity contribution in [1.82, 2.24) is 4.98 Å². The molecule has 30 heavy (non-hydrogen) atoms. The van der Waals surface area contributed by atoms with Gasteiger partial charge in [-0.25, -0.2) is 4.98 Å². The number of aryl methyl sites for hydroxylation is 1. The summed E-state index contributed by atoms with van der Waals surface area (Å²) < 4.78 is 0. The van der Waals surface area contributed by atoms with E-state index in [4.69, 9.17) is 0 Å². The first-order valence-corrected chi connectivity index (χ1v) is 12.2. The summed E-state index contributed by atoms with van der Waals surface area (Å²) in [4.78, 5) is 5.33. The van der Waals surface area contributed by atoms with Crippen molar-refractivity contribution in [3.8, 4) is 6.07 Å². The second kappa shape index (κ2) is 9.60. The van der Waals surface area contributed by atoms with Crippen LogP contribution in [0.3, 0.4) is 0 Å². The third-order valence-electron chi connectivity index (χ3n) is 7.29. The maximum Gasteiger partial charge on any atom is 0.0928 e. The Morgan fingerprint density at radius 2 is 2.07 bits per heavy atom. The minimum atomic E-state index is -0.329. The first-order chi connectivity index (χ1) is 14.6. The summed E-state index contributed by atoms with van der Waals surface area (Å²) in [6.07, 6.45) is 9.51. The first kappa shape index (κ1) is 21.5. The van der Waals surface area contributed by atoms with E-state index in [0.29, 0.717) is 17.8 Å². The average Bonchev–Trinajstić information content (AvgIpc) is 3.40. The minimum absolute atomic E-state index is 0.0602. The third-order valence-corrected chi connectivity index (χ3v) is 8.33. The van der Waals surface area contributed by atoms with Gasteiger partial charge >= 0.3 is 0 Å². The van der Waals surface area contributed by atoms with Gasteiger partial charge in [-0.3, -0.25) is 0 Å². The largest absolute Gasteiger partial charge is 0.391 e. The first-order valence-electron chi connectivity index (χ1n) is 11.4. The smallest absolute Gasteiger partial charge is 0.0928 e. The van der Waals surface area contributed by atoms with E-state index in [9.17, 15) is 15.5 Å². The highest BCUT2D eigenvalue weighted by atomic mass is 32.1. The van der Waals surface area contributed by atoms with E-state index in [1.165, 1.54) is 11.1 Å². The molecule has 2 aliphatic rings. The second-order valence-electron chi connectivity index (χ2n) is 8.94. The lowest BCUT2D eigenvalue weighted by molar-refractivity contribution is 0.150. The van der Waals surface area contributed by atoms with Gasteiger partial charge in [0, 0.05) is 12.1 Å². The topological polar surface area (TPSA) is 77.1 Å². The maximum absolute atomic E-state index is 10.4. The zero-order valence-corrected chi connectivity index (χ0v) is 18.6. The molecule has 1 saturated carbocycles. The summed E-state index contributed by atoms with van der Waals surface area (Å²) in [5.74, 6) is 1.49. The highest BCUT2D eigenvalue weighted by Gasteiger charge is 2.37. The van der Waals surface area contributed by atoms with Crippen LogP contribution in [0, 0.1) is 23.2 Å². The lowest BCUT2D eigenvalue weighted by atomic mass is 9.76. The van der Waals surface area contributed by atoms with Crippen molar-refractivity contribution < 1.29 is 10.2 Å². The Bertz CT molecular complexity index is 903. The Balaban J connectivity index is 1.50. The Morgan fingerprint density at radius 1 is 1.20 bits per heavy atom. The van der Waals surface area contributed by atoms with Crippen LogP contribution in [0.25, 0.3) is 0 Å². The Labute approximate surface area is 183 Å². The molecule has 160 valence electrons. The summed E-state index contributed by atoms with van der Waals surface area (Å²) in [5.41, 5.74) is 3.82. The van der Waals surface area contributed by atoms with E-state index in [2.05, 4.69) is 36.2 Å². The number of benzene rings is 1. The van der Waals surface area contributed by atoms with Gasteiger partial charge in [0.2, 0.25) is 0 Å². The lowest BCUT2D eigenvalue weighted by Gasteiger charge is -2.30. The van der Waals surface area contributed by atoms with Crippen LogP contribution in [0.2, 0.25) is 0 Å². The molecule has 2 N–H and O–H groups in total. The molecule has 0 aliphatic heterocycles. The molecule has 0 bridgehead atoms. The van der Waals surface area contributed by atoms with E-state index in [-0.39, 0.29) is 18.6 Å². The van der Waals surface area contributed by atoms with E-state index in [0.717, 1.165) is 66.8 Å². The lowest BCUT2D eigenvalue weighted by Crippen LogP contribution is -2.17. The Hall–Kier alpha value is -1.74. The fraction of sp³-hybridized carbons (Fsp3) is 0.600. The van der Waals surface area contributed by atoms with Gasteiger partial charge in [-0.05, 0) is 85.8 Å². The maximum atomic E-state index is 10.4. The minimum Gasteiger partial charge on any atom is -0.391 e. The summed E-state index contributed by atoms with van der Waals surface area (Å²) in [6, 6.07) is 9.30. The van der Waals surface area contributed by atoms with Gasteiger partial charge in [0.15, 0.2) is 0 Å². The van der Waals surface area contributed by atoms with Gasteiger partial charge in [0.05, 0.1) is 28.7 Å². The molecule has 1 aromatic carbocycles. The number of nitrogens with zero attached hydrogens (tertiary/aromatic N) is 2. The quantitative estimate of drug-likeness (QED) is 0.605. The number of hydrogen-bond donors (Lipinski definition) is 2. The molecule has 2 aromatic rings. The van der Waals surface area contributed by atoms with Crippen molar-refractivity contribution in [2.24, 2.45) is 11.8 Å². The van der Waals surface area contributed by atoms with Crippen LogP contribution in [0.1, 0.15) is 96.4 Å². The number of thiazole rings is 1. The normalized spacial score (nSPS) is 28.3. The summed E-state index contributed by atoms with van der Waals surface area (Å²) in [6.45, 7) is 2.30. The van der Waals surface area contributed by atoms with Crippen molar-refractivity contribution in [3.63, 3.8) is 0 Å². The monoisotopic (exact) mass is 424 g/mol. The fourth-order valence-corrected chi connectivity index (χ4v) is 6.47. The van der Waals surface area contributed by atoms with Gasteiger partial charge in [0.1, 0.15) is 0 Å². The summed E-state index contributed by atoms with van der Waals surface area (Å²) >= 11 is 1.59. The molecule has 1 fully saturated rings. The molecular weight excluding hydrogens is 392 g/mol. The zero-order chi connectivity index (χ0) is 21.1. The van der Waals surface area contributed by atoms with Gasteiger partial charge in [-0.2, -0.15) is 5.26 Å². The molecule has 5 unspecified atom stereocenters. The summed E-state index contributed by atoms with van der Waals surface area (Å²) in [7, 11) is 0. The molecule has 5 heteroatoms. The molecule has 0 spiro atoms. The number of aromatic nitrogens is 1. The van der Waals surface area contributed by atoms with Crippen LogP contribution in [-0.2, 0) is 13.0 Å². The van der Waals surface area contributed by atoms with Crippen LogP contribution in [0.4, 0.5) is 0 Å². The predicted octanol–water partition coefficient (Wildman–Crippen LogP) is 5.61. The van der Waals surface area contributed by atoms with Crippen LogP contribution < -0.4 is 0 Å². The molecule has 0 radical (unpaired) electrons. The van der Waals surface area contributed by atoms with Crippen molar-refractivity contribution in [2.45, 2.75) is 82.8 Å². The van der Waals surface area contributed by atoms with Gasteiger partial charge in [-0.1, -0.05) is 25.1 Å². The molecule has 5 atom stereocenters. The number of hydrogen-bond acceptors (Lipinski definition) is 5. The molecule has 1 aromatic heterocycles. The standard InChI is InChI=1S/C25H32N2O2S/c1-2-16-8-11-24(29)22-10-6-17(12-23(16)22)21-9-7-18(13-26)20(21)4-3-5-25-27-14-19(15-28)30-25/h6,10,12,14,16,18,20-21,24,28-29H,2-5,7-9,11,15H2,1H3. The van der Waals surface area contributed by atoms with E-state index in [1.54, 1.807) is 17.5 Å². The van der Waals surface area contributed by atoms with Crippen LogP contribution >= 0.6 is 11.3 Å². The number of aliphatic hydroxyl groups is 2. The Kier molecular flexibility index (Phi) is 6.87. The molecular formula is C25H32N2O2S. The number of aliphatic hydroxyl groups excluding tert-OH is 2. The van der Waals surface area contributed by atoms with Crippen LogP contribution in [0.15, 0.2) is 24.4 Å². The van der Waals surface area contributed by atoms with E-state index >= 15 is 0 Å². The average molecular weight is 425 g/mol. The molecule has 0 saturated heterocycles. The third kappa shape index (κ3) is 4.32. The van der Waals surface area contributed by atoms with Crippen molar-refractivity contribution in [3.05, 3.63) is 51.0 Å². The Morgan fingerprint density at radius 3 is 2.80 bits per heavy atom. The highest BCUT2D eigenvalue weighted by Crippen LogP contribution is 2.48. The van der Waals surface area contributed by atoms with Crippen LogP contribution in [-0.4, -0.2) is 15.2 Å². The fourth-order valence-electron chi connectivity index (χ4n) is 5.64. The van der Waals surface area contributed by atoms with Crippen molar-refractivity contribution >= 4 is 11.3 Å². The number of nitriles is 1. The molecule has 4 rings (SSSR count). The zero-order valence-electron chi connectivity index (χ0n) is 17.8. The highest BCUT2D eigenvalue weighted by molar-refractivity contribution is 7.11. The molecule has 4 nitrogen and oxygen atoms in total. The van der Waals surface area contributed by atoms with Gasteiger partial charge in [0.25, 0.3) is 0 Å². The molecule has 1 heterocycles. The van der Waals surface area contributed by atoms with Gasteiger partial charge in [-0.15, -0.1) is 11.3 Å². The van der Waals surface area contributed by atoms with Crippen molar-refractivity contribution in [2.75, 3.05) is 0 Å². The molecule has 2 aliphatic carbocycles. The van der Waals surface area contributed by atoms with Gasteiger partial charge < -0.3 is 10.2 Å². The summed E-state index contributed by atoms with van der Waals surface area (Å²) in [5, 5.41) is 30.5. The second-order valence-corrected chi connectivity index (χ2v) is 10.1. The SMILES string of the molecule is CCC1CCC(O)c2ccc(C3CCC(C#N)C3CCCc3ncc(CO)s3)cc21. The number of fused-ring (bicyclic) bond motifs is 1.